The first-order chi connectivity index (χ1) is 10.8. The summed E-state index contributed by atoms with van der Waals surface area (Å²) >= 11 is 0. The lowest BCUT2D eigenvalue weighted by Crippen LogP contribution is -2.50. The van der Waals surface area contributed by atoms with Crippen LogP contribution in [0, 0.1) is 0 Å². The van der Waals surface area contributed by atoms with Crippen LogP contribution >= 0.6 is 0 Å². The molecular weight excluding hydrogens is 278 g/mol. The largest absolute Gasteiger partial charge is 0.352 e. The van der Waals surface area contributed by atoms with E-state index in [0.717, 1.165) is 51.5 Å². The van der Waals surface area contributed by atoms with Gasteiger partial charge in [-0.15, -0.1) is 0 Å². The third-order valence-electron chi connectivity index (χ3n) is 4.78. The third-order valence-corrected chi connectivity index (χ3v) is 4.78. The van der Waals surface area contributed by atoms with Crippen LogP contribution in [0.15, 0.2) is 12.4 Å². The van der Waals surface area contributed by atoms with Crippen molar-refractivity contribution in [1.82, 2.24) is 19.8 Å². The lowest BCUT2D eigenvalue weighted by atomic mass is 10.2. The van der Waals surface area contributed by atoms with Gasteiger partial charge in [-0.25, -0.2) is 4.98 Å². The second kappa shape index (κ2) is 7.13. The van der Waals surface area contributed by atoms with Gasteiger partial charge in [0.25, 0.3) is 0 Å². The zero-order valence-corrected chi connectivity index (χ0v) is 13.5. The van der Waals surface area contributed by atoms with Crippen molar-refractivity contribution in [3.05, 3.63) is 12.4 Å². The van der Waals surface area contributed by atoms with E-state index in [1.54, 1.807) is 0 Å². The Bertz CT molecular complexity index is 486. The van der Waals surface area contributed by atoms with E-state index in [1.807, 2.05) is 12.4 Å². The molecule has 122 valence electrons. The number of aryl methyl sites for hydroxylation is 1. The number of nitrogens with zero attached hydrogens (tertiary/aromatic N) is 4. The van der Waals surface area contributed by atoms with Crippen molar-refractivity contribution < 1.29 is 4.79 Å². The molecule has 0 bridgehead atoms. The predicted octanol–water partition coefficient (Wildman–Crippen LogP) is 1.08. The summed E-state index contributed by atoms with van der Waals surface area (Å²) in [4.78, 5) is 21.1. The van der Waals surface area contributed by atoms with E-state index in [4.69, 9.17) is 0 Å². The molecule has 1 aromatic rings. The van der Waals surface area contributed by atoms with Crippen molar-refractivity contribution >= 4 is 11.9 Å². The average molecular weight is 305 g/mol. The number of nitrogens with one attached hydrogen (secondary N) is 1. The molecule has 0 radical (unpaired) electrons. The molecule has 3 rings (SSSR count). The molecule has 2 fully saturated rings. The number of rotatable bonds is 5. The second-order valence-corrected chi connectivity index (χ2v) is 6.33. The Morgan fingerprint density at radius 2 is 2.00 bits per heavy atom. The van der Waals surface area contributed by atoms with Crippen LogP contribution in [0.4, 0.5) is 5.95 Å². The molecule has 1 aliphatic heterocycles. The molecule has 6 nitrogen and oxygen atoms in total. The van der Waals surface area contributed by atoms with Crippen molar-refractivity contribution in [3.63, 3.8) is 0 Å². The summed E-state index contributed by atoms with van der Waals surface area (Å²) in [5.41, 5.74) is 0. The summed E-state index contributed by atoms with van der Waals surface area (Å²) in [7, 11) is 0. The van der Waals surface area contributed by atoms with Gasteiger partial charge in [-0.3, -0.25) is 9.69 Å². The Labute approximate surface area is 132 Å². The van der Waals surface area contributed by atoms with E-state index in [9.17, 15) is 4.79 Å². The lowest BCUT2D eigenvalue weighted by molar-refractivity contribution is -0.123. The number of amides is 1. The topological polar surface area (TPSA) is 53.4 Å². The normalized spacial score (nSPS) is 20.5. The fourth-order valence-electron chi connectivity index (χ4n) is 3.48. The maximum Gasteiger partial charge on any atom is 0.234 e. The molecule has 22 heavy (non-hydrogen) atoms. The highest BCUT2D eigenvalue weighted by Crippen LogP contribution is 2.18. The Morgan fingerprint density at radius 3 is 2.68 bits per heavy atom. The third kappa shape index (κ3) is 3.61. The van der Waals surface area contributed by atoms with Crippen LogP contribution in [0.25, 0.3) is 0 Å². The molecule has 6 heteroatoms. The summed E-state index contributed by atoms with van der Waals surface area (Å²) < 4.78 is 2.17. The molecular formula is C16H27N5O. The van der Waals surface area contributed by atoms with Crippen LogP contribution in [0.2, 0.25) is 0 Å². The smallest absolute Gasteiger partial charge is 0.234 e. The highest BCUT2D eigenvalue weighted by Gasteiger charge is 2.23. The summed E-state index contributed by atoms with van der Waals surface area (Å²) in [5.74, 6) is 1.24. The van der Waals surface area contributed by atoms with Crippen LogP contribution in [0.5, 0.6) is 0 Å². The molecule has 0 atom stereocenters. The van der Waals surface area contributed by atoms with Crippen molar-refractivity contribution in [2.75, 3.05) is 37.6 Å². The first-order valence-corrected chi connectivity index (χ1v) is 8.54. The van der Waals surface area contributed by atoms with Crippen LogP contribution in [0.1, 0.15) is 32.6 Å². The van der Waals surface area contributed by atoms with Crippen LogP contribution in [-0.4, -0.2) is 59.1 Å². The fourth-order valence-corrected chi connectivity index (χ4v) is 3.48. The molecule has 2 aliphatic rings. The maximum absolute atomic E-state index is 12.1. The lowest BCUT2D eigenvalue weighted by Gasteiger charge is -2.35. The van der Waals surface area contributed by atoms with E-state index >= 15 is 0 Å². The Hall–Kier alpha value is -1.56. The monoisotopic (exact) mass is 305 g/mol. The number of anilines is 1. The van der Waals surface area contributed by atoms with Crippen molar-refractivity contribution in [2.45, 2.75) is 45.2 Å². The quantitative estimate of drug-likeness (QED) is 0.884. The molecule has 1 N–H and O–H groups in total. The number of carbonyl (C=O) groups is 1. The second-order valence-electron chi connectivity index (χ2n) is 6.33. The van der Waals surface area contributed by atoms with Gasteiger partial charge in [-0.1, -0.05) is 12.8 Å². The fraction of sp³-hybridized carbons (Fsp3) is 0.750. The maximum atomic E-state index is 12.1. The zero-order chi connectivity index (χ0) is 15.4. The van der Waals surface area contributed by atoms with E-state index in [0.29, 0.717) is 12.6 Å². The van der Waals surface area contributed by atoms with Gasteiger partial charge in [0, 0.05) is 51.2 Å². The Kier molecular flexibility index (Phi) is 4.97. The SMILES string of the molecule is CCn1ccnc1N1CCN(CC(=O)NC2CCCC2)CC1. The molecule has 1 amide bonds. The number of aromatic nitrogens is 2. The molecule has 1 aliphatic carbocycles. The van der Waals surface area contributed by atoms with Gasteiger partial charge in [0.15, 0.2) is 0 Å². The van der Waals surface area contributed by atoms with Crippen molar-refractivity contribution in [1.29, 1.82) is 0 Å². The number of piperazine rings is 1. The number of imidazole rings is 1. The minimum absolute atomic E-state index is 0.190. The van der Waals surface area contributed by atoms with Gasteiger partial charge >= 0.3 is 0 Å². The average Bonchev–Trinajstić information content (AvgIpc) is 3.18. The molecule has 0 spiro atoms. The zero-order valence-electron chi connectivity index (χ0n) is 13.5. The highest BCUT2D eigenvalue weighted by molar-refractivity contribution is 5.78. The van der Waals surface area contributed by atoms with E-state index < -0.39 is 0 Å². The molecule has 0 aromatic carbocycles. The molecule has 0 unspecified atom stereocenters. The minimum atomic E-state index is 0.190. The van der Waals surface area contributed by atoms with E-state index in [1.165, 1.54) is 12.8 Å². The van der Waals surface area contributed by atoms with Gasteiger partial charge in [-0.05, 0) is 19.8 Å². The number of hydrogen-bond donors (Lipinski definition) is 1. The standard InChI is InChI=1S/C16H27N5O/c1-2-20-8-7-17-16(20)21-11-9-19(10-12-21)13-15(22)18-14-5-3-4-6-14/h7-8,14H,2-6,9-13H2,1H3,(H,18,22). The van der Waals surface area contributed by atoms with E-state index in [2.05, 4.69) is 31.6 Å². The van der Waals surface area contributed by atoms with Crippen LogP contribution in [0.3, 0.4) is 0 Å². The van der Waals surface area contributed by atoms with Crippen LogP contribution < -0.4 is 10.2 Å². The first kappa shape index (κ1) is 15.3. The first-order valence-electron chi connectivity index (χ1n) is 8.54. The summed E-state index contributed by atoms with van der Waals surface area (Å²) in [6.45, 7) is 7.34. The predicted molar refractivity (Wildman–Crippen MR) is 87.0 cm³/mol. The van der Waals surface area contributed by atoms with Crippen molar-refractivity contribution in [2.24, 2.45) is 0 Å². The molecule has 1 aromatic heterocycles. The number of hydrogen-bond acceptors (Lipinski definition) is 4. The van der Waals surface area contributed by atoms with Crippen molar-refractivity contribution in [3.8, 4) is 0 Å². The Balaban J connectivity index is 1.44. The number of carbonyl (C=O) groups excluding carboxylic acids is 1. The van der Waals surface area contributed by atoms with Gasteiger partial charge in [0.2, 0.25) is 11.9 Å². The van der Waals surface area contributed by atoms with Gasteiger partial charge in [0.1, 0.15) is 0 Å². The Morgan fingerprint density at radius 1 is 1.27 bits per heavy atom. The van der Waals surface area contributed by atoms with Crippen LogP contribution in [-0.2, 0) is 11.3 Å². The molecule has 1 saturated heterocycles. The van der Waals surface area contributed by atoms with Gasteiger partial charge in [-0.2, -0.15) is 0 Å². The van der Waals surface area contributed by atoms with E-state index in [-0.39, 0.29) is 5.91 Å². The van der Waals surface area contributed by atoms with Gasteiger partial charge < -0.3 is 14.8 Å². The molecule has 1 saturated carbocycles. The highest BCUT2D eigenvalue weighted by atomic mass is 16.2. The van der Waals surface area contributed by atoms with Gasteiger partial charge in [0.05, 0.1) is 6.54 Å². The minimum Gasteiger partial charge on any atom is -0.352 e. The summed E-state index contributed by atoms with van der Waals surface area (Å²) in [5, 5.41) is 3.17. The molecule has 2 heterocycles. The summed E-state index contributed by atoms with van der Waals surface area (Å²) in [6.07, 6.45) is 8.71. The summed E-state index contributed by atoms with van der Waals surface area (Å²) in [6, 6.07) is 0.422.